The molecule has 1 aromatic heterocycles. The van der Waals surface area contributed by atoms with E-state index in [9.17, 15) is 4.79 Å². The summed E-state index contributed by atoms with van der Waals surface area (Å²) in [6, 6.07) is 12.9. The Bertz CT molecular complexity index is 606. The summed E-state index contributed by atoms with van der Waals surface area (Å²) < 4.78 is 6.32. The first-order chi connectivity index (χ1) is 9.87. The van der Waals surface area contributed by atoms with Crippen molar-refractivity contribution in [3.63, 3.8) is 0 Å². The van der Waals surface area contributed by atoms with Crippen LogP contribution in [0.25, 0.3) is 0 Å². The number of amides is 1. The molecule has 1 amide bonds. The first kappa shape index (κ1) is 15.5. The highest BCUT2D eigenvalue weighted by atomic mass is 79.9. The van der Waals surface area contributed by atoms with Gasteiger partial charge in [0.2, 0.25) is 0 Å². The van der Waals surface area contributed by atoms with E-state index in [1.165, 1.54) is 4.90 Å². The Balaban J connectivity index is 2.40. The monoisotopic (exact) mass is 348 g/mol. The average molecular weight is 349 g/mol. The van der Waals surface area contributed by atoms with E-state index >= 15 is 0 Å². The minimum absolute atomic E-state index is 0.455. The van der Waals surface area contributed by atoms with Gasteiger partial charge in [-0.3, -0.25) is 0 Å². The van der Waals surface area contributed by atoms with E-state index in [1.54, 1.807) is 12.3 Å². The molecule has 5 heteroatoms. The lowest BCUT2D eigenvalue weighted by Crippen LogP contribution is -2.34. The summed E-state index contributed by atoms with van der Waals surface area (Å²) in [6.45, 7) is 5.51. The van der Waals surface area contributed by atoms with Crippen LogP contribution in [0.15, 0.2) is 53.1 Å². The van der Waals surface area contributed by atoms with Gasteiger partial charge in [0.05, 0.1) is 5.69 Å². The maximum Gasteiger partial charge on any atom is 0.420 e. The van der Waals surface area contributed by atoms with Gasteiger partial charge in [0.15, 0.2) is 0 Å². The number of carbonyl (C=O) groups is 1. The van der Waals surface area contributed by atoms with Crippen LogP contribution in [0, 0.1) is 0 Å². The van der Waals surface area contributed by atoms with Crippen LogP contribution in [0.2, 0.25) is 0 Å². The fourth-order valence-electron chi connectivity index (χ4n) is 1.72. The Morgan fingerprint density at radius 1 is 1.14 bits per heavy atom. The third-order valence-corrected chi connectivity index (χ3v) is 3.00. The van der Waals surface area contributed by atoms with Gasteiger partial charge in [-0.25, -0.2) is 14.7 Å². The van der Waals surface area contributed by atoms with Crippen molar-refractivity contribution < 1.29 is 9.53 Å². The molecule has 0 radical (unpaired) electrons. The smallest absolute Gasteiger partial charge is 0.420 e. The molecule has 1 heterocycles. The van der Waals surface area contributed by atoms with Crippen LogP contribution in [0.5, 0.6) is 0 Å². The van der Waals surface area contributed by atoms with Crippen LogP contribution in [0.1, 0.15) is 20.8 Å². The molecule has 0 unspecified atom stereocenters. The molecule has 2 aromatic rings. The SMILES string of the molecule is CC(C)(C)OC(=O)N(c1ccccc1)c1ccc(Br)cn1. The van der Waals surface area contributed by atoms with Crippen molar-refractivity contribution in [1.29, 1.82) is 0 Å². The zero-order chi connectivity index (χ0) is 15.5. The summed E-state index contributed by atoms with van der Waals surface area (Å²) >= 11 is 3.34. The van der Waals surface area contributed by atoms with Gasteiger partial charge in [0, 0.05) is 10.7 Å². The number of pyridine rings is 1. The predicted octanol–water partition coefficient (Wildman–Crippen LogP) is 4.92. The number of anilines is 2. The standard InChI is InChI=1S/C16H17BrN2O2/c1-16(2,3)21-15(20)19(13-7-5-4-6-8-13)14-10-9-12(17)11-18-14/h4-11H,1-3H3. The average Bonchev–Trinajstić information content (AvgIpc) is 2.40. The summed E-state index contributed by atoms with van der Waals surface area (Å²) in [4.78, 5) is 18.2. The number of benzene rings is 1. The zero-order valence-corrected chi connectivity index (χ0v) is 13.8. The largest absolute Gasteiger partial charge is 0.443 e. The maximum absolute atomic E-state index is 12.5. The lowest BCUT2D eigenvalue weighted by atomic mass is 10.2. The summed E-state index contributed by atoms with van der Waals surface area (Å²) in [6.07, 6.45) is 1.19. The van der Waals surface area contributed by atoms with Gasteiger partial charge < -0.3 is 4.74 Å². The Hall–Kier alpha value is -1.88. The topological polar surface area (TPSA) is 42.4 Å². The number of rotatable bonds is 2. The summed E-state index contributed by atoms with van der Waals surface area (Å²) in [5.74, 6) is 0.513. The first-order valence-corrected chi connectivity index (χ1v) is 7.36. The first-order valence-electron chi connectivity index (χ1n) is 6.56. The Kier molecular flexibility index (Phi) is 4.63. The summed E-state index contributed by atoms with van der Waals surface area (Å²) in [5.41, 5.74) is 0.140. The molecule has 1 aromatic carbocycles. The highest BCUT2D eigenvalue weighted by molar-refractivity contribution is 9.10. The van der Waals surface area contributed by atoms with Crippen LogP contribution in [0.3, 0.4) is 0 Å². The van der Waals surface area contributed by atoms with E-state index in [0.29, 0.717) is 11.5 Å². The number of aromatic nitrogens is 1. The fraction of sp³-hybridized carbons (Fsp3) is 0.250. The molecule has 0 saturated heterocycles. The lowest BCUT2D eigenvalue weighted by Gasteiger charge is -2.26. The molecule has 0 saturated carbocycles. The van der Waals surface area contributed by atoms with Gasteiger partial charge in [-0.2, -0.15) is 0 Å². The molecule has 0 spiro atoms. The van der Waals surface area contributed by atoms with Gasteiger partial charge in [-0.15, -0.1) is 0 Å². The second kappa shape index (κ2) is 6.26. The van der Waals surface area contributed by atoms with Crippen LogP contribution >= 0.6 is 15.9 Å². The van der Waals surface area contributed by atoms with Crippen molar-refractivity contribution in [2.75, 3.05) is 4.90 Å². The highest BCUT2D eigenvalue weighted by Gasteiger charge is 2.25. The van der Waals surface area contributed by atoms with Crippen molar-refractivity contribution in [3.8, 4) is 0 Å². The van der Waals surface area contributed by atoms with Crippen LogP contribution in [-0.4, -0.2) is 16.7 Å². The maximum atomic E-state index is 12.5. The number of halogens is 1. The van der Waals surface area contributed by atoms with E-state index < -0.39 is 11.7 Å². The number of para-hydroxylation sites is 1. The molecule has 0 aliphatic heterocycles. The third kappa shape index (κ3) is 4.29. The number of carbonyl (C=O) groups excluding carboxylic acids is 1. The van der Waals surface area contributed by atoms with Crippen LogP contribution in [0.4, 0.5) is 16.3 Å². The molecular formula is C16H17BrN2O2. The van der Waals surface area contributed by atoms with E-state index in [0.717, 1.165) is 4.47 Å². The zero-order valence-electron chi connectivity index (χ0n) is 12.2. The lowest BCUT2D eigenvalue weighted by molar-refractivity contribution is 0.0598. The molecule has 2 rings (SSSR count). The van der Waals surface area contributed by atoms with Crippen molar-refractivity contribution in [2.24, 2.45) is 0 Å². The third-order valence-electron chi connectivity index (χ3n) is 2.53. The molecule has 4 nitrogen and oxygen atoms in total. The number of hydrogen-bond acceptors (Lipinski definition) is 3. The van der Waals surface area contributed by atoms with E-state index in [-0.39, 0.29) is 0 Å². The van der Waals surface area contributed by atoms with Gasteiger partial charge in [0.1, 0.15) is 11.4 Å². The van der Waals surface area contributed by atoms with Crippen molar-refractivity contribution in [2.45, 2.75) is 26.4 Å². The minimum atomic E-state index is -0.570. The second-order valence-corrected chi connectivity index (χ2v) is 6.40. The quantitative estimate of drug-likeness (QED) is 0.773. The second-order valence-electron chi connectivity index (χ2n) is 5.49. The van der Waals surface area contributed by atoms with Gasteiger partial charge in [-0.05, 0) is 61.0 Å². The molecule has 0 aliphatic rings. The minimum Gasteiger partial charge on any atom is -0.443 e. The van der Waals surface area contributed by atoms with E-state index in [1.807, 2.05) is 57.2 Å². The molecule has 21 heavy (non-hydrogen) atoms. The number of ether oxygens (including phenoxy) is 1. The van der Waals surface area contributed by atoms with Crippen molar-refractivity contribution in [3.05, 3.63) is 53.1 Å². The van der Waals surface area contributed by atoms with Gasteiger partial charge >= 0.3 is 6.09 Å². The number of nitrogens with zero attached hydrogens (tertiary/aromatic N) is 2. The molecular weight excluding hydrogens is 332 g/mol. The van der Waals surface area contributed by atoms with Crippen molar-refractivity contribution >= 4 is 33.5 Å². The fourth-order valence-corrected chi connectivity index (χ4v) is 1.95. The molecule has 0 bridgehead atoms. The van der Waals surface area contributed by atoms with Gasteiger partial charge in [0.25, 0.3) is 0 Å². The number of hydrogen-bond donors (Lipinski definition) is 0. The Morgan fingerprint density at radius 3 is 2.33 bits per heavy atom. The normalized spacial score (nSPS) is 11.0. The Labute approximate surface area is 132 Å². The van der Waals surface area contributed by atoms with Crippen LogP contribution < -0.4 is 4.90 Å². The molecule has 0 N–H and O–H groups in total. The molecule has 110 valence electrons. The molecule has 0 fully saturated rings. The van der Waals surface area contributed by atoms with Crippen LogP contribution in [-0.2, 0) is 4.74 Å². The van der Waals surface area contributed by atoms with Crippen molar-refractivity contribution in [1.82, 2.24) is 4.98 Å². The molecule has 0 aliphatic carbocycles. The summed E-state index contributed by atoms with van der Waals surface area (Å²) in [5, 5.41) is 0. The van der Waals surface area contributed by atoms with Gasteiger partial charge in [-0.1, -0.05) is 18.2 Å². The van der Waals surface area contributed by atoms with E-state index in [4.69, 9.17) is 4.74 Å². The molecule has 0 atom stereocenters. The van der Waals surface area contributed by atoms with E-state index in [2.05, 4.69) is 20.9 Å². The predicted molar refractivity (Wildman–Crippen MR) is 86.8 cm³/mol. The Morgan fingerprint density at radius 2 is 1.81 bits per heavy atom. The summed E-state index contributed by atoms with van der Waals surface area (Å²) in [7, 11) is 0. The highest BCUT2D eigenvalue weighted by Crippen LogP contribution is 2.26.